The molecular weight excluding hydrogens is 288 g/mol. The van der Waals surface area contributed by atoms with Gasteiger partial charge in [0.05, 0.1) is 13.2 Å². The van der Waals surface area contributed by atoms with Crippen molar-refractivity contribution in [2.24, 2.45) is 5.84 Å². The van der Waals surface area contributed by atoms with Crippen LogP contribution < -0.4 is 16.0 Å². The maximum atomic E-state index is 12.2. The number of rotatable bonds is 6. The van der Waals surface area contributed by atoms with Crippen molar-refractivity contribution in [1.29, 1.82) is 0 Å². The van der Waals surface area contributed by atoms with E-state index in [0.717, 1.165) is 16.9 Å². The molecule has 1 aromatic heterocycles. The molecule has 21 heavy (non-hydrogen) atoms. The zero-order chi connectivity index (χ0) is 15.2. The molecule has 0 atom stereocenters. The zero-order valence-electron chi connectivity index (χ0n) is 12.0. The second kappa shape index (κ2) is 7.10. The molecule has 0 saturated carbocycles. The summed E-state index contributed by atoms with van der Waals surface area (Å²) >= 11 is 1.36. The van der Waals surface area contributed by atoms with Crippen LogP contribution in [-0.2, 0) is 4.74 Å². The van der Waals surface area contributed by atoms with E-state index in [-0.39, 0.29) is 0 Å². The van der Waals surface area contributed by atoms with Gasteiger partial charge in [0, 0.05) is 16.5 Å². The lowest BCUT2D eigenvalue weighted by molar-refractivity contribution is 0.0529. The summed E-state index contributed by atoms with van der Waals surface area (Å²) in [6.07, 6.45) is 0. The summed E-state index contributed by atoms with van der Waals surface area (Å²) in [5.74, 6) is 5.83. The molecule has 0 aliphatic heterocycles. The van der Waals surface area contributed by atoms with Crippen molar-refractivity contribution < 1.29 is 14.3 Å². The van der Waals surface area contributed by atoms with E-state index in [2.05, 4.69) is 5.43 Å². The molecule has 2 aromatic rings. The minimum Gasteiger partial charge on any atom is -0.493 e. The number of thiophene rings is 1. The van der Waals surface area contributed by atoms with Crippen molar-refractivity contribution in [3.8, 4) is 16.9 Å². The Hall–Kier alpha value is -2.05. The Morgan fingerprint density at radius 3 is 2.67 bits per heavy atom. The van der Waals surface area contributed by atoms with E-state index in [0.29, 0.717) is 23.8 Å². The fraction of sp³-hybridized carbons (Fsp3) is 0.267. The number of nitrogens with two attached hydrogens (primary N) is 1. The van der Waals surface area contributed by atoms with Gasteiger partial charge in [-0.15, -0.1) is 11.3 Å². The van der Waals surface area contributed by atoms with E-state index in [4.69, 9.17) is 15.3 Å². The molecule has 0 radical (unpaired) electrons. The van der Waals surface area contributed by atoms with Gasteiger partial charge < -0.3 is 14.9 Å². The number of hydrazine groups is 1. The second-order valence-electron chi connectivity index (χ2n) is 4.15. The van der Waals surface area contributed by atoms with Crippen LogP contribution in [0.25, 0.3) is 11.1 Å². The number of hydrogen-bond acceptors (Lipinski definition) is 6. The molecule has 1 aromatic carbocycles. The van der Waals surface area contributed by atoms with Gasteiger partial charge in [-0.1, -0.05) is 18.2 Å². The second-order valence-corrected chi connectivity index (χ2v) is 5.03. The van der Waals surface area contributed by atoms with Gasteiger partial charge in [0.2, 0.25) is 0 Å². The number of ether oxygens (including phenoxy) is 2. The number of nitrogens with one attached hydrogen (secondary N) is 1. The summed E-state index contributed by atoms with van der Waals surface area (Å²) in [5.41, 5.74) is 4.60. The Morgan fingerprint density at radius 1 is 1.24 bits per heavy atom. The molecule has 6 heteroatoms. The Labute approximate surface area is 127 Å². The highest BCUT2D eigenvalue weighted by Crippen LogP contribution is 2.39. The molecule has 0 fully saturated rings. The van der Waals surface area contributed by atoms with Crippen LogP contribution in [0.3, 0.4) is 0 Å². The topological polar surface area (TPSA) is 73.6 Å². The monoisotopic (exact) mass is 306 g/mol. The maximum Gasteiger partial charge on any atom is 0.341 e. The predicted octanol–water partition coefficient (Wildman–Crippen LogP) is 3.28. The standard InChI is InChI=1S/C15H18N2O3S/c1-3-19-12-8-6-5-7-10(12)11-9-21-14(17-16)13(11)15(18)20-4-2/h5-9,17H,3-4,16H2,1-2H3. The van der Waals surface area contributed by atoms with Crippen LogP contribution in [0.15, 0.2) is 29.6 Å². The fourth-order valence-electron chi connectivity index (χ4n) is 2.04. The van der Waals surface area contributed by atoms with E-state index < -0.39 is 5.97 Å². The third-order valence-electron chi connectivity index (χ3n) is 2.88. The normalized spacial score (nSPS) is 10.2. The van der Waals surface area contributed by atoms with Gasteiger partial charge in [-0.3, -0.25) is 0 Å². The third-order valence-corrected chi connectivity index (χ3v) is 3.79. The van der Waals surface area contributed by atoms with Crippen molar-refractivity contribution in [3.63, 3.8) is 0 Å². The van der Waals surface area contributed by atoms with Gasteiger partial charge in [0.25, 0.3) is 0 Å². The maximum absolute atomic E-state index is 12.2. The first-order valence-corrected chi connectivity index (χ1v) is 7.58. The van der Waals surface area contributed by atoms with Gasteiger partial charge in [0.1, 0.15) is 16.3 Å². The lowest BCUT2D eigenvalue weighted by Crippen LogP contribution is -2.12. The third kappa shape index (κ3) is 3.17. The Balaban J connectivity index is 2.54. The highest BCUT2D eigenvalue weighted by molar-refractivity contribution is 7.15. The number of nitrogen functional groups attached to an aromatic ring is 1. The summed E-state index contributed by atoms with van der Waals surface area (Å²) in [7, 11) is 0. The van der Waals surface area contributed by atoms with Crippen LogP contribution in [0.2, 0.25) is 0 Å². The number of carbonyl (C=O) groups is 1. The molecule has 0 aliphatic rings. The van der Waals surface area contributed by atoms with Crippen molar-refractivity contribution in [2.75, 3.05) is 18.6 Å². The smallest absolute Gasteiger partial charge is 0.341 e. The summed E-state index contributed by atoms with van der Waals surface area (Å²) in [4.78, 5) is 12.2. The number of benzene rings is 1. The highest BCUT2D eigenvalue weighted by Gasteiger charge is 2.22. The van der Waals surface area contributed by atoms with Crippen LogP contribution in [0.1, 0.15) is 24.2 Å². The zero-order valence-corrected chi connectivity index (χ0v) is 12.8. The fourth-order valence-corrected chi connectivity index (χ4v) is 2.90. The Kier molecular flexibility index (Phi) is 5.19. The van der Waals surface area contributed by atoms with Crippen LogP contribution in [-0.4, -0.2) is 19.2 Å². The SMILES string of the molecule is CCOC(=O)c1c(-c2ccccc2OCC)csc1NN. The predicted molar refractivity (Wildman–Crippen MR) is 84.7 cm³/mol. The van der Waals surface area contributed by atoms with Crippen molar-refractivity contribution >= 4 is 22.3 Å². The molecule has 5 nitrogen and oxygen atoms in total. The van der Waals surface area contributed by atoms with Crippen molar-refractivity contribution in [1.82, 2.24) is 0 Å². The molecule has 0 bridgehead atoms. The van der Waals surface area contributed by atoms with Crippen molar-refractivity contribution in [2.45, 2.75) is 13.8 Å². The van der Waals surface area contributed by atoms with Gasteiger partial charge >= 0.3 is 5.97 Å². The van der Waals surface area contributed by atoms with Crippen LogP contribution in [0.4, 0.5) is 5.00 Å². The molecule has 0 aliphatic carbocycles. The molecule has 0 amide bonds. The Morgan fingerprint density at radius 2 is 2.00 bits per heavy atom. The van der Waals surface area contributed by atoms with Gasteiger partial charge in [0.15, 0.2) is 0 Å². The summed E-state index contributed by atoms with van der Waals surface area (Å²) in [5, 5.41) is 2.45. The number of carbonyl (C=O) groups excluding carboxylic acids is 1. The number of hydrogen-bond donors (Lipinski definition) is 2. The first kappa shape index (κ1) is 15.3. The van der Waals surface area contributed by atoms with E-state index >= 15 is 0 Å². The summed E-state index contributed by atoms with van der Waals surface area (Å²) in [6.45, 7) is 4.56. The Bertz CT molecular complexity index is 625. The average molecular weight is 306 g/mol. The van der Waals surface area contributed by atoms with Crippen molar-refractivity contribution in [3.05, 3.63) is 35.2 Å². The lowest BCUT2D eigenvalue weighted by atomic mass is 10.0. The molecule has 1 heterocycles. The lowest BCUT2D eigenvalue weighted by Gasteiger charge is -2.11. The van der Waals surface area contributed by atoms with E-state index in [9.17, 15) is 4.79 Å². The summed E-state index contributed by atoms with van der Waals surface area (Å²) < 4.78 is 10.8. The van der Waals surface area contributed by atoms with E-state index in [1.165, 1.54) is 11.3 Å². The molecule has 0 unspecified atom stereocenters. The van der Waals surface area contributed by atoms with Crippen LogP contribution >= 0.6 is 11.3 Å². The first-order chi connectivity index (χ1) is 10.2. The largest absolute Gasteiger partial charge is 0.493 e. The first-order valence-electron chi connectivity index (χ1n) is 6.70. The summed E-state index contributed by atoms with van der Waals surface area (Å²) in [6, 6.07) is 7.59. The minimum atomic E-state index is -0.395. The van der Waals surface area contributed by atoms with E-state index in [1.54, 1.807) is 6.92 Å². The molecule has 0 spiro atoms. The molecule has 112 valence electrons. The molecule has 3 N–H and O–H groups in total. The molecule has 2 rings (SSSR count). The number of anilines is 1. The number of para-hydroxylation sites is 1. The average Bonchev–Trinajstić information content (AvgIpc) is 2.92. The van der Waals surface area contributed by atoms with Crippen LogP contribution in [0, 0.1) is 0 Å². The van der Waals surface area contributed by atoms with E-state index in [1.807, 2.05) is 36.6 Å². The number of esters is 1. The van der Waals surface area contributed by atoms with Gasteiger partial charge in [-0.05, 0) is 19.9 Å². The minimum absolute atomic E-state index is 0.311. The van der Waals surface area contributed by atoms with Crippen LogP contribution in [0.5, 0.6) is 5.75 Å². The highest BCUT2D eigenvalue weighted by atomic mass is 32.1. The molecular formula is C15H18N2O3S. The van der Waals surface area contributed by atoms with Gasteiger partial charge in [-0.2, -0.15) is 0 Å². The molecule has 0 saturated heterocycles. The quantitative estimate of drug-likeness (QED) is 0.487. The van der Waals surface area contributed by atoms with Gasteiger partial charge in [-0.25, -0.2) is 10.6 Å².